The first-order valence-corrected chi connectivity index (χ1v) is 8.19. The van der Waals surface area contributed by atoms with Gasteiger partial charge in [0.15, 0.2) is 11.6 Å². The van der Waals surface area contributed by atoms with Crippen LogP contribution in [0.25, 0.3) is 22.4 Å². The number of nitrogens with zero attached hydrogens (tertiary/aromatic N) is 1. The molecule has 4 aromatic rings. The van der Waals surface area contributed by atoms with E-state index in [1.807, 2.05) is 0 Å². The van der Waals surface area contributed by atoms with Crippen LogP contribution in [0.15, 0.2) is 48.5 Å². The summed E-state index contributed by atoms with van der Waals surface area (Å²) < 4.78 is 63.2. The highest BCUT2D eigenvalue weighted by Crippen LogP contribution is 2.37. The van der Waals surface area contributed by atoms with Crippen LogP contribution in [0.5, 0.6) is 11.5 Å². The van der Waals surface area contributed by atoms with E-state index in [4.69, 9.17) is 4.74 Å². The number of nitrogens with one attached hydrogen (secondary N) is 1. The molecule has 4 rings (SSSR count). The van der Waals surface area contributed by atoms with Gasteiger partial charge in [-0.3, -0.25) is 0 Å². The standard InChI is InChI=1S/C20H10F4N2O3/c21-13-12(19-25-11-8-4-7-10(20(27)28)17(11)26-19)14(22)16(24)18(15(13)23)29-9-5-2-1-3-6-9/h1-8H,(H,25,26)(H,27,28). The Kier molecular flexibility index (Phi) is 4.42. The van der Waals surface area contributed by atoms with E-state index in [-0.39, 0.29) is 22.3 Å². The Morgan fingerprint density at radius 1 is 0.897 bits per heavy atom. The highest BCUT2D eigenvalue weighted by atomic mass is 19.2. The fraction of sp³-hybridized carbons (Fsp3) is 0. The molecule has 9 heteroatoms. The van der Waals surface area contributed by atoms with Gasteiger partial charge in [-0.2, -0.15) is 8.78 Å². The Morgan fingerprint density at radius 2 is 1.55 bits per heavy atom. The lowest BCUT2D eigenvalue weighted by molar-refractivity contribution is 0.0699. The van der Waals surface area contributed by atoms with Crippen molar-refractivity contribution in [2.45, 2.75) is 0 Å². The Bertz CT molecular complexity index is 1230. The number of aromatic carboxylic acids is 1. The summed E-state index contributed by atoms with van der Waals surface area (Å²) in [5.41, 5.74) is -1.33. The molecule has 0 amide bonds. The molecule has 0 fully saturated rings. The van der Waals surface area contributed by atoms with E-state index >= 15 is 0 Å². The van der Waals surface area contributed by atoms with Crippen LogP contribution < -0.4 is 4.74 Å². The number of H-pyrrole nitrogens is 1. The number of fused-ring (bicyclic) bond motifs is 1. The number of aromatic amines is 1. The smallest absolute Gasteiger partial charge is 0.337 e. The van der Waals surface area contributed by atoms with Crippen molar-refractivity contribution in [3.63, 3.8) is 0 Å². The summed E-state index contributed by atoms with van der Waals surface area (Å²) in [5, 5.41) is 9.20. The Labute approximate surface area is 160 Å². The quantitative estimate of drug-likeness (QED) is 0.360. The summed E-state index contributed by atoms with van der Waals surface area (Å²) in [6.07, 6.45) is 0. The largest absolute Gasteiger partial charge is 0.478 e. The number of carboxylic acids is 1. The van der Waals surface area contributed by atoms with Gasteiger partial charge in [0.1, 0.15) is 17.1 Å². The molecule has 1 heterocycles. The summed E-state index contributed by atoms with van der Waals surface area (Å²) in [4.78, 5) is 17.6. The zero-order valence-corrected chi connectivity index (χ0v) is 14.3. The molecule has 0 bridgehead atoms. The number of benzene rings is 3. The van der Waals surface area contributed by atoms with Crippen LogP contribution >= 0.6 is 0 Å². The number of aromatic nitrogens is 2. The molecule has 3 aromatic carbocycles. The van der Waals surface area contributed by atoms with Crippen LogP contribution in [-0.4, -0.2) is 21.0 Å². The fourth-order valence-electron chi connectivity index (χ4n) is 2.84. The minimum Gasteiger partial charge on any atom is -0.478 e. The molecular weight excluding hydrogens is 392 g/mol. The molecule has 0 atom stereocenters. The number of imidazole rings is 1. The minimum absolute atomic E-state index is 0.0216. The summed E-state index contributed by atoms with van der Waals surface area (Å²) in [6.45, 7) is 0. The van der Waals surface area contributed by atoms with Crippen molar-refractivity contribution in [1.29, 1.82) is 0 Å². The Morgan fingerprint density at radius 3 is 2.17 bits per heavy atom. The second-order valence-electron chi connectivity index (χ2n) is 5.97. The predicted molar refractivity (Wildman–Crippen MR) is 94.8 cm³/mol. The summed E-state index contributed by atoms with van der Waals surface area (Å²) in [5.74, 6) is -10.1. The molecule has 0 saturated carbocycles. The maximum absolute atomic E-state index is 14.6. The molecule has 0 unspecified atom stereocenters. The molecule has 5 nitrogen and oxygen atoms in total. The number of ether oxygens (including phenoxy) is 1. The average molecular weight is 402 g/mol. The van der Waals surface area contributed by atoms with Gasteiger partial charge in [-0.15, -0.1) is 0 Å². The van der Waals surface area contributed by atoms with Gasteiger partial charge in [-0.25, -0.2) is 18.6 Å². The lowest BCUT2D eigenvalue weighted by atomic mass is 10.1. The van der Waals surface area contributed by atoms with E-state index < -0.39 is 46.4 Å². The van der Waals surface area contributed by atoms with Crippen molar-refractivity contribution >= 4 is 17.0 Å². The van der Waals surface area contributed by atoms with Gasteiger partial charge in [0.05, 0.1) is 16.6 Å². The number of halogens is 4. The topological polar surface area (TPSA) is 75.2 Å². The molecule has 0 saturated heterocycles. The van der Waals surface area contributed by atoms with Gasteiger partial charge in [0.25, 0.3) is 0 Å². The van der Waals surface area contributed by atoms with E-state index in [2.05, 4.69) is 9.97 Å². The number of carboxylic acid groups (broad SMARTS) is 1. The molecule has 1 aromatic heterocycles. The first kappa shape index (κ1) is 18.5. The maximum Gasteiger partial charge on any atom is 0.337 e. The van der Waals surface area contributed by atoms with E-state index in [9.17, 15) is 27.5 Å². The van der Waals surface area contributed by atoms with E-state index in [0.29, 0.717) is 0 Å². The van der Waals surface area contributed by atoms with E-state index in [0.717, 1.165) is 0 Å². The van der Waals surface area contributed by atoms with Crippen molar-refractivity contribution in [2.24, 2.45) is 0 Å². The number of hydrogen-bond acceptors (Lipinski definition) is 3. The van der Waals surface area contributed by atoms with Crippen LogP contribution in [0.1, 0.15) is 10.4 Å². The second kappa shape index (κ2) is 6.93. The zero-order valence-electron chi connectivity index (χ0n) is 14.3. The van der Waals surface area contributed by atoms with Gasteiger partial charge in [0, 0.05) is 0 Å². The normalized spacial score (nSPS) is 11.0. The third kappa shape index (κ3) is 3.06. The van der Waals surface area contributed by atoms with Crippen LogP contribution in [0.3, 0.4) is 0 Å². The number of para-hydroxylation sites is 2. The number of hydrogen-bond donors (Lipinski definition) is 2. The Balaban J connectivity index is 1.89. The third-order valence-electron chi connectivity index (χ3n) is 4.17. The van der Waals surface area contributed by atoms with Gasteiger partial charge in [0.2, 0.25) is 17.4 Å². The summed E-state index contributed by atoms with van der Waals surface area (Å²) in [6, 6.07) is 11.4. The molecule has 2 N–H and O–H groups in total. The van der Waals surface area contributed by atoms with Gasteiger partial charge < -0.3 is 14.8 Å². The molecule has 0 aliphatic heterocycles. The summed E-state index contributed by atoms with van der Waals surface area (Å²) in [7, 11) is 0. The van der Waals surface area contributed by atoms with Crippen molar-refractivity contribution < 1.29 is 32.2 Å². The molecule has 146 valence electrons. The Hall–Kier alpha value is -3.88. The predicted octanol–water partition coefficient (Wildman–Crippen LogP) is 5.28. The molecule has 0 aliphatic carbocycles. The molecule has 29 heavy (non-hydrogen) atoms. The minimum atomic E-state index is -1.75. The van der Waals surface area contributed by atoms with Gasteiger partial charge >= 0.3 is 5.97 Å². The first-order chi connectivity index (χ1) is 13.9. The van der Waals surface area contributed by atoms with E-state index in [1.54, 1.807) is 6.07 Å². The van der Waals surface area contributed by atoms with Crippen molar-refractivity contribution in [3.05, 3.63) is 77.4 Å². The fourth-order valence-corrected chi connectivity index (χ4v) is 2.84. The van der Waals surface area contributed by atoms with Crippen LogP contribution in [0.4, 0.5) is 17.6 Å². The second-order valence-corrected chi connectivity index (χ2v) is 5.97. The van der Waals surface area contributed by atoms with Crippen molar-refractivity contribution in [3.8, 4) is 22.9 Å². The lowest BCUT2D eigenvalue weighted by Crippen LogP contribution is -2.04. The van der Waals surface area contributed by atoms with Crippen LogP contribution in [0, 0.1) is 23.3 Å². The van der Waals surface area contributed by atoms with Gasteiger partial charge in [-0.05, 0) is 24.3 Å². The van der Waals surface area contributed by atoms with Crippen molar-refractivity contribution in [2.75, 3.05) is 0 Å². The molecule has 0 spiro atoms. The zero-order chi connectivity index (χ0) is 20.7. The monoisotopic (exact) mass is 402 g/mol. The van der Waals surface area contributed by atoms with E-state index in [1.165, 1.54) is 42.5 Å². The highest BCUT2D eigenvalue weighted by Gasteiger charge is 2.30. The SMILES string of the molecule is O=C(O)c1cccc2[nH]c(-c3c(F)c(F)c(Oc4ccccc4)c(F)c3F)nc12. The third-order valence-corrected chi connectivity index (χ3v) is 4.17. The lowest BCUT2D eigenvalue weighted by Gasteiger charge is -2.11. The number of carbonyl (C=O) groups is 1. The van der Waals surface area contributed by atoms with Crippen LogP contribution in [-0.2, 0) is 0 Å². The molecular formula is C20H10F4N2O3. The summed E-state index contributed by atoms with van der Waals surface area (Å²) >= 11 is 0. The average Bonchev–Trinajstić information content (AvgIpc) is 3.14. The molecule has 0 aliphatic rings. The highest BCUT2D eigenvalue weighted by molar-refractivity contribution is 6.01. The first-order valence-electron chi connectivity index (χ1n) is 8.19. The van der Waals surface area contributed by atoms with Crippen LogP contribution in [0.2, 0.25) is 0 Å². The maximum atomic E-state index is 14.6. The van der Waals surface area contributed by atoms with Gasteiger partial charge in [-0.1, -0.05) is 24.3 Å². The molecule has 0 radical (unpaired) electrons. The van der Waals surface area contributed by atoms with Crippen molar-refractivity contribution in [1.82, 2.24) is 9.97 Å². The number of rotatable bonds is 4.